The average molecular weight is 210 g/mol. The van der Waals surface area contributed by atoms with Gasteiger partial charge in [-0.1, -0.05) is 19.1 Å². The molecule has 0 radical (unpaired) electrons. The van der Waals surface area contributed by atoms with Gasteiger partial charge in [-0.05, 0) is 12.1 Å². The zero-order chi connectivity index (χ0) is 10.2. The van der Waals surface area contributed by atoms with E-state index in [-0.39, 0.29) is 11.0 Å². The van der Waals surface area contributed by atoms with Gasteiger partial charge in [0.25, 0.3) is 5.22 Å². The van der Waals surface area contributed by atoms with Gasteiger partial charge < -0.3 is 4.42 Å². The summed E-state index contributed by atoms with van der Waals surface area (Å²) >= 11 is 0. The average Bonchev–Trinajstić information content (AvgIpc) is 2.61. The summed E-state index contributed by atoms with van der Waals surface area (Å²) < 4.78 is 24.4. The van der Waals surface area contributed by atoms with E-state index >= 15 is 0 Å². The van der Waals surface area contributed by atoms with Crippen LogP contribution >= 0.6 is 0 Å². The molecule has 0 saturated carbocycles. The lowest BCUT2D eigenvalue weighted by molar-refractivity contribution is 0.474. The Labute approximate surface area is 81.9 Å². The molecule has 0 aliphatic rings. The van der Waals surface area contributed by atoms with E-state index in [1.807, 2.05) is 12.1 Å². The minimum Gasteiger partial charge on any atom is -0.429 e. The van der Waals surface area contributed by atoms with Gasteiger partial charge in [0.05, 0.1) is 0 Å². The third kappa shape index (κ3) is 1.39. The number of hydrogen-bond donors (Lipinski definition) is 1. The van der Waals surface area contributed by atoms with Crippen molar-refractivity contribution in [3.63, 3.8) is 0 Å². The fourth-order valence-electron chi connectivity index (χ4n) is 1.12. The van der Waals surface area contributed by atoms with Crippen molar-refractivity contribution in [2.45, 2.75) is 12.1 Å². The standard InChI is InChI=1S/C9H10N2O2S/c1-2-14(10,12)9-11-7-5-3-4-6-8(7)13-9/h3-6,10H,2H2,1H3/t14-/m0/s1. The summed E-state index contributed by atoms with van der Waals surface area (Å²) in [4.78, 5) is 4.03. The van der Waals surface area contributed by atoms with Crippen LogP contribution in [0.3, 0.4) is 0 Å². The lowest BCUT2D eigenvalue weighted by Gasteiger charge is -1.95. The predicted octanol–water partition coefficient (Wildman–Crippen LogP) is 2.25. The summed E-state index contributed by atoms with van der Waals surface area (Å²) in [6.45, 7) is 1.68. The van der Waals surface area contributed by atoms with E-state index in [1.54, 1.807) is 19.1 Å². The van der Waals surface area contributed by atoms with Crippen molar-refractivity contribution in [3.8, 4) is 0 Å². The molecular weight excluding hydrogens is 200 g/mol. The molecule has 0 saturated heterocycles. The number of oxazole rings is 1. The van der Waals surface area contributed by atoms with Gasteiger partial charge in [-0.2, -0.15) is 0 Å². The lowest BCUT2D eigenvalue weighted by atomic mass is 10.3. The normalized spacial score (nSPS) is 15.5. The van der Waals surface area contributed by atoms with Crippen LogP contribution in [0.5, 0.6) is 0 Å². The van der Waals surface area contributed by atoms with Crippen molar-refractivity contribution >= 4 is 20.8 Å². The van der Waals surface area contributed by atoms with Crippen molar-refractivity contribution in [1.29, 1.82) is 4.78 Å². The summed E-state index contributed by atoms with van der Waals surface area (Å²) in [5.74, 6) is 0.222. The van der Waals surface area contributed by atoms with Gasteiger partial charge in [0.2, 0.25) is 0 Å². The second-order valence-electron chi connectivity index (χ2n) is 2.91. The molecule has 2 rings (SSSR count). The highest BCUT2D eigenvalue weighted by atomic mass is 32.2. The maximum Gasteiger partial charge on any atom is 0.296 e. The number of aromatic nitrogens is 1. The van der Waals surface area contributed by atoms with Crippen molar-refractivity contribution < 1.29 is 8.63 Å². The third-order valence-corrected chi connectivity index (χ3v) is 3.51. The van der Waals surface area contributed by atoms with Gasteiger partial charge in [0.15, 0.2) is 5.58 Å². The fourth-order valence-corrected chi connectivity index (χ4v) is 1.83. The number of fused-ring (bicyclic) bond motifs is 1. The SMILES string of the molecule is CC[S@](=N)(=O)c1nc2ccccc2o1. The number of hydrogen-bond acceptors (Lipinski definition) is 4. The van der Waals surface area contributed by atoms with E-state index in [9.17, 15) is 4.21 Å². The first-order chi connectivity index (χ1) is 6.63. The number of rotatable bonds is 2. The molecule has 14 heavy (non-hydrogen) atoms. The molecule has 0 aliphatic carbocycles. The summed E-state index contributed by atoms with van der Waals surface area (Å²) in [6.07, 6.45) is 0. The van der Waals surface area contributed by atoms with E-state index < -0.39 is 9.73 Å². The molecule has 0 bridgehead atoms. The van der Waals surface area contributed by atoms with Crippen molar-refractivity contribution in [2.24, 2.45) is 0 Å². The van der Waals surface area contributed by atoms with Gasteiger partial charge in [-0.25, -0.2) is 14.0 Å². The molecule has 2 aromatic rings. The van der Waals surface area contributed by atoms with Crippen LogP contribution in [-0.4, -0.2) is 14.9 Å². The first-order valence-corrected chi connectivity index (χ1v) is 5.98. The van der Waals surface area contributed by atoms with Crippen LogP contribution in [0.1, 0.15) is 6.92 Å². The van der Waals surface area contributed by atoms with E-state index in [0.29, 0.717) is 11.1 Å². The Hall–Kier alpha value is -1.36. The number of para-hydroxylation sites is 2. The van der Waals surface area contributed by atoms with Crippen molar-refractivity contribution in [3.05, 3.63) is 24.3 Å². The molecule has 1 N–H and O–H groups in total. The van der Waals surface area contributed by atoms with Crippen LogP contribution < -0.4 is 0 Å². The molecule has 4 nitrogen and oxygen atoms in total. The molecule has 1 aromatic heterocycles. The first kappa shape index (κ1) is 9.21. The van der Waals surface area contributed by atoms with Crippen LogP contribution in [0.25, 0.3) is 11.1 Å². The Kier molecular flexibility index (Phi) is 2.03. The second-order valence-corrected chi connectivity index (χ2v) is 5.19. The van der Waals surface area contributed by atoms with Crippen molar-refractivity contribution in [1.82, 2.24) is 4.98 Å². The molecule has 0 aliphatic heterocycles. The molecule has 0 fully saturated rings. The molecule has 0 spiro atoms. The molecular formula is C9H10N2O2S. The Morgan fingerprint density at radius 1 is 1.50 bits per heavy atom. The highest BCUT2D eigenvalue weighted by Crippen LogP contribution is 2.19. The predicted molar refractivity (Wildman–Crippen MR) is 53.7 cm³/mol. The maximum absolute atomic E-state index is 11.6. The van der Waals surface area contributed by atoms with E-state index in [2.05, 4.69) is 4.98 Å². The molecule has 74 valence electrons. The van der Waals surface area contributed by atoms with Crippen LogP contribution in [-0.2, 0) is 9.73 Å². The summed E-state index contributed by atoms with van der Waals surface area (Å²) in [7, 11) is -2.84. The quantitative estimate of drug-likeness (QED) is 0.826. The molecule has 1 atom stereocenters. The monoisotopic (exact) mass is 210 g/mol. The minimum absolute atomic E-state index is 0.0289. The topological polar surface area (TPSA) is 67.0 Å². The molecule has 0 unspecified atom stereocenters. The van der Waals surface area contributed by atoms with E-state index in [0.717, 1.165) is 0 Å². The van der Waals surface area contributed by atoms with Gasteiger partial charge in [0, 0.05) is 5.75 Å². The smallest absolute Gasteiger partial charge is 0.296 e. The number of nitrogens with one attached hydrogen (secondary N) is 1. The van der Waals surface area contributed by atoms with Gasteiger partial charge in [-0.3, -0.25) is 0 Å². The fraction of sp³-hybridized carbons (Fsp3) is 0.222. The Morgan fingerprint density at radius 3 is 2.86 bits per heavy atom. The van der Waals surface area contributed by atoms with Gasteiger partial charge in [-0.15, -0.1) is 0 Å². The molecule has 1 heterocycles. The second kappa shape index (κ2) is 3.09. The Morgan fingerprint density at radius 2 is 2.21 bits per heavy atom. The van der Waals surface area contributed by atoms with E-state index in [1.165, 1.54) is 0 Å². The van der Waals surface area contributed by atoms with Gasteiger partial charge in [0.1, 0.15) is 15.2 Å². The Bertz CT molecular complexity index is 524. The van der Waals surface area contributed by atoms with Crippen LogP contribution in [0.4, 0.5) is 0 Å². The summed E-state index contributed by atoms with van der Waals surface area (Å²) in [5.41, 5.74) is 1.23. The minimum atomic E-state index is -2.84. The van der Waals surface area contributed by atoms with Crippen LogP contribution in [0, 0.1) is 4.78 Å². The summed E-state index contributed by atoms with van der Waals surface area (Å²) in [5, 5.41) is 0.0289. The Balaban J connectivity index is 2.67. The van der Waals surface area contributed by atoms with Crippen LogP contribution in [0.15, 0.2) is 33.9 Å². The maximum atomic E-state index is 11.6. The largest absolute Gasteiger partial charge is 0.429 e. The third-order valence-electron chi connectivity index (χ3n) is 1.96. The molecule has 5 heteroatoms. The zero-order valence-electron chi connectivity index (χ0n) is 7.69. The van der Waals surface area contributed by atoms with Crippen LogP contribution in [0.2, 0.25) is 0 Å². The zero-order valence-corrected chi connectivity index (χ0v) is 8.50. The van der Waals surface area contributed by atoms with Gasteiger partial charge >= 0.3 is 0 Å². The number of benzene rings is 1. The highest BCUT2D eigenvalue weighted by molar-refractivity contribution is 7.92. The molecule has 0 amide bonds. The van der Waals surface area contributed by atoms with Crippen molar-refractivity contribution in [2.75, 3.05) is 5.75 Å². The summed E-state index contributed by atoms with van der Waals surface area (Å²) in [6, 6.07) is 7.16. The molecule has 1 aromatic carbocycles. The lowest BCUT2D eigenvalue weighted by Crippen LogP contribution is -2.01. The highest BCUT2D eigenvalue weighted by Gasteiger charge is 2.15. The van der Waals surface area contributed by atoms with E-state index in [4.69, 9.17) is 9.20 Å². The first-order valence-electron chi connectivity index (χ1n) is 4.25. The number of nitrogens with zero attached hydrogens (tertiary/aromatic N) is 1.